The summed E-state index contributed by atoms with van der Waals surface area (Å²) in [6.07, 6.45) is 1.92. The standard InChI is InChI=1S/C9H14ClNO2/c1-11-4-3-7(9(12)5-10)8(11)6-13-2/h3,8H,4-6H2,1-2H3/t8-/m0/s1. The van der Waals surface area contributed by atoms with Gasteiger partial charge in [-0.25, -0.2) is 0 Å². The first-order valence-corrected chi connectivity index (χ1v) is 4.72. The average molecular weight is 204 g/mol. The van der Waals surface area contributed by atoms with Crippen LogP contribution in [0.15, 0.2) is 11.6 Å². The summed E-state index contributed by atoms with van der Waals surface area (Å²) in [6, 6.07) is 0.0799. The number of ketones is 1. The van der Waals surface area contributed by atoms with Gasteiger partial charge in [0.2, 0.25) is 0 Å². The first-order chi connectivity index (χ1) is 6.20. The van der Waals surface area contributed by atoms with Crippen LogP contribution in [0.3, 0.4) is 0 Å². The smallest absolute Gasteiger partial charge is 0.174 e. The SMILES string of the molecule is COC[C@H]1C(C(=O)CCl)=CCN1C. The van der Waals surface area contributed by atoms with Crippen molar-refractivity contribution < 1.29 is 9.53 Å². The third-order valence-electron chi connectivity index (χ3n) is 2.26. The fourth-order valence-electron chi connectivity index (χ4n) is 1.49. The number of hydrogen-bond donors (Lipinski definition) is 0. The third-order valence-corrected chi connectivity index (χ3v) is 2.50. The Morgan fingerprint density at radius 3 is 3.08 bits per heavy atom. The van der Waals surface area contributed by atoms with Gasteiger partial charge in [-0.05, 0) is 7.05 Å². The van der Waals surface area contributed by atoms with Gasteiger partial charge < -0.3 is 4.74 Å². The summed E-state index contributed by atoms with van der Waals surface area (Å²) in [5, 5.41) is 0. The normalized spacial score (nSPS) is 23.3. The van der Waals surface area contributed by atoms with Crippen LogP contribution in [0.25, 0.3) is 0 Å². The van der Waals surface area contributed by atoms with Crippen molar-refractivity contribution in [3.8, 4) is 0 Å². The van der Waals surface area contributed by atoms with E-state index >= 15 is 0 Å². The summed E-state index contributed by atoms with van der Waals surface area (Å²) >= 11 is 5.50. The second kappa shape index (κ2) is 4.74. The van der Waals surface area contributed by atoms with Crippen LogP contribution < -0.4 is 0 Å². The Morgan fingerprint density at radius 2 is 2.54 bits per heavy atom. The molecule has 0 aromatic rings. The van der Waals surface area contributed by atoms with Crippen molar-refractivity contribution in [2.24, 2.45) is 0 Å². The van der Waals surface area contributed by atoms with Crippen LogP contribution >= 0.6 is 11.6 Å². The molecule has 4 heteroatoms. The Balaban J connectivity index is 2.67. The number of methoxy groups -OCH3 is 1. The number of likely N-dealkylation sites (N-methyl/N-ethyl adjacent to an activating group) is 1. The van der Waals surface area contributed by atoms with Gasteiger partial charge in [-0.3, -0.25) is 9.69 Å². The van der Waals surface area contributed by atoms with Gasteiger partial charge in [-0.2, -0.15) is 0 Å². The number of rotatable bonds is 4. The fourth-order valence-corrected chi connectivity index (χ4v) is 1.65. The van der Waals surface area contributed by atoms with E-state index in [2.05, 4.69) is 4.90 Å². The minimum absolute atomic E-state index is 0.00747. The van der Waals surface area contributed by atoms with Gasteiger partial charge in [0.15, 0.2) is 5.78 Å². The van der Waals surface area contributed by atoms with Crippen LogP contribution in [0.4, 0.5) is 0 Å². The molecule has 0 bridgehead atoms. The van der Waals surface area contributed by atoms with E-state index in [1.807, 2.05) is 13.1 Å². The van der Waals surface area contributed by atoms with E-state index in [9.17, 15) is 4.79 Å². The molecular weight excluding hydrogens is 190 g/mol. The molecule has 0 saturated heterocycles. The number of hydrogen-bond acceptors (Lipinski definition) is 3. The number of ether oxygens (including phenoxy) is 1. The van der Waals surface area contributed by atoms with Gasteiger partial charge in [0, 0.05) is 19.2 Å². The molecule has 3 nitrogen and oxygen atoms in total. The highest BCUT2D eigenvalue weighted by molar-refractivity contribution is 6.30. The maximum absolute atomic E-state index is 11.4. The van der Waals surface area contributed by atoms with Gasteiger partial charge in [0.1, 0.15) is 0 Å². The van der Waals surface area contributed by atoms with Crippen LogP contribution in [0.1, 0.15) is 0 Å². The highest BCUT2D eigenvalue weighted by atomic mass is 35.5. The molecule has 0 unspecified atom stereocenters. The number of halogens is 1. The van der Waals surface area contributed by atoms with Gasteiger partial charge in [0.25, 0.3) is 0 Å². The van der Waals surface area contributed by atoms with E-state index in [1.165, 1.54) is 0 Å². The topological polar surface area (TPSA) is 29.5 Å². The van der Waals surface area contributed by atoms with Crippen molar-refractivity contribution in [3.05, 3.63) is 11.6 Å². The minimum Gasteiger partial charge on any atom is -0.383 e. The molecule has 0 N–H and O–H groups in total. The van der Waals surface area contributed by atoms with Crippen molar-refractivity contribution in [1.29, 1.82) is 0 Å². The predicted molar refractivity (Wildman–Crippen MR) is 52.1 cm³/mol. The van der Waals surface area contributed by atoms with E-state index < -0.39 is 0 Å². The molecule has 0 saturated carbocycles. The van der Waals surface area contributed by atoms with Crippen LogP contribution in [0, 0.1) is 0 Å². The number of carbonyl (C=O) groups excluding carboxylic acids is 1. The summed E-state index contributed by atoms with van der Waals surface area (Å²) in [7, 11) is 3.60. The van der Waals surface area contributed by atoms with Crippen molar-refractivity contribution in [1.82, 2.24) is 4.90 Å². The van der Waals surface area contributed by atoms with Crippen LogP contribution in [-0.2, 0) is 9.53 Å². The van der Waals surface area contributed by atoms with Crippen molar-refractivity contribution in [2.45, 2.75) is 6.04 Å². The summed E-state index contributed by atoms with van der Waals surface area (Å²) < 4.78 is 5.04. The second-order valence-corrected chi connectivity index (χ2v) is 3.39. The molecule has 0 fully saturated rings. The molecule has 1 heterocycles. The first-order valence-electron chi connectivity index (χ1n) is 4.19. The average Bonchev–Trinajstić information content (AvgIpc) is 2.48. The molecule has 1 aliphatic rings. The number of nitrogens with zero attached hydrogens (tertiary/aromatic N) is 1. The van der Waals surface area contributed by atoms with Crippen molar-refractivity contribution in [2.75, 3.05) is 33.2 Å². The fraction of sp³-hybridized carbons (Fsp3) is 0.667. The molecule has 1 aliphatic heterocycles. The van der Waals surface area contributed by atoms with Crippen LogP contribution in [0.2, 0.25) is 0 Å². The highest BCUT2D eigenvalue weighted by Crippen LogP contribution is 2.18. The molecule has 1 rings (SSSR count). The molecule has 74 valence electrons. The van der Waals surface area contributed by atoms with Gasteiger partial charge >= 0.3 is 0 Å². The lowest BCUT2D eigenvalue weighted by Gasteiger charge is -2.21. The first kappa shape index (κ1) is 10.7. The molecule has 1 atom stereocenters. The predicted octanol–water partition coefficient (Wildman–Crippen LogP) is 0.681. The Bertz CT molecular complexity index is 228. The Labute approximate surface area is 83.3 Å². The molecule has 0 spiro atoms. The van der Waals surface area contributed by atoms with Gasteiger partial charge in [-0.1, -0.05) is 6.08 Å². The molecular formula is C9H14ClNO2. The zero-order valence-electron chi connectivity index (χ0n) is 7.92. The van der Waals surface area contributed by atoms with Crippen LogP contribution in [0.5, 0.6) is 0 Å². The third kappa shape index (κ3) is 2.30. The quantitative estimate of drug-likeness (QED) is 0.630. The monoisotopic (exact) mass is 203 g/mol. The van der Waals surface area contributed by atoms with Gasteiger partial charge in [0.05, 0.1) is 18.5 Å². The lowest BCUT2D eigenvalue weighted by Crippen LogP contribution is -2.34. The van der Waals surface area contributed by atoms with Gasteiger partial charge in [-0.15, -0.1) is 11.6 Å². The van der Waals surface area contributed by atoms with E-state index in [4.69, 9.17) is 16.3 Å². The summed E-state index contributed by atoms with van der Waals surface area (Å²) in [4.78, 5) is 13.4. The Hall–Kier alpha value is -0.380. The van der Waals surface area contributed by atoms with E-state index in [-0.39, 0.29) is 17.7 Å². The summed E-state index contributed by atoms with van der Waals surface area (Å²) in [6.45, 7) is 1.34. The van der Waals surface area contributed by atoms with Crippen LogP contribution in [-0.4, -0.2) is 49.9 Å². The minimum atomic E-state index is 0.00747. The maximum atomic E-state index is 11.4. The molecule has 0 aliphatic carbocycles. The zero-order chi connectivity index (χ0) is 9.84. The number of carbonyl (C=O) groups is 1. The van der Waals surface area contributed by atoms with Crippen molar-refractivity contribution >= 4 is 17.4 Å². The highest BCUT2D eigenvalue weighted by Gasteiger charge is 2.28. The molecule has 0 amide bonds. The zero-order valence-corrected chi connectivity index (χ0v) is 8.67. The van der Waals surface area contributed by atoms with E-state index in [0.29, 0.717) is 6.61 Å². The summed E-state index contributed by atoms with van der Waals surface area (Å²) in [5.41, 5.74) is 0.791. The lowest BCUT2D eigenvalue weighted by atomic mass is 10.1. The molecule has 0 aromatic heterocycles. The van der Waals surface area contributed by atoms with E-state index in [1.54, 1.807) is 7.11 Å². The second-order valence-electron chi connectivity index (χ2n) is 3.13. The molecule has 0 radical (unpaired) electrons. The largest absolute Gasteiger partial charge is 0.383 e. The van der Waals surface area contributed by atoms with Crippen molar-refractivity contribution in [3.63, 3.8) is 0 Å². The number of alkyl halides is 1. The number of Topliss-reactive ketones (excluding diaryl/α,β-unsaturated/α-hetero) is 1. The Morgan fingerprint density at radius 1 is 1.85 bits per heavy atom. The summed E-state index contributed by atoms with van der Waals surface area (Å²) in [5.74, 6) is 0.0629. The lowest BCUT2D eigenvalue weighted by molar-refractivity contribution is -0.113. The van der Waals surface area contributed by atoms with E-state index in [0.717, 1.165) is 12.1 Å². The molecule has 0 aromatic carbocycles. The molecule has 13 heavy (non-hydrogen) atoms. The maximum Gasteiger partial charge on any atom is 0.174 e. The Kier molecular flexibility index (Phi) is 3.90.